The lowest BCUT2D eigenvalue weighted by atomic mass is 10.1. The molecule has 0 fully saturated rings. The van der Waals surface area contributed by atoms with Gasteiger partial charge in [-0.3, -0.25) is 4.79 Å². The summed E-state index contributed by atoms with van der Waals surface area (Å²) in [7, 11) is 0. The van der Waals surface area contributed by atoms with E-state index >= 15 is 0 Å². The molecule has 0 aliphatic heterocycles. The molecule has 0 amide bonds. The molecule has 1 aromatic heterocycles. The van der Waals surface area contributed by atoms with Gasteiger partial charge >= 0.3 is 11.6 Å². The monoisotopic (exact) mass is 312 g/mol. The zero-order chi connectivity index (χ0) is 16.4. The zero-order valence-corrected chi connectivity index (χ0v) is 12.3. The molecule has 116 valence electrons. The lowest BCUT2D eigenvalue weighted by molar-refractivity contribution is -0.133. The molecule has 1 heterocycles. The van der Waals surface area contributed by atoms with Crippen LogP contribution in [-0.2, 0) is 11.2 Å². The molecule has 0 atom stereocenters. The smallest absolute Gasteiger partial charge is 0.336 e. The molecule has 3 rings (SSSR count). The molecule has 0 aliphatic carbocycles. The van der Waals surface area contributed by atoms with E-state index in [9.17, 15) is 14.0 Å². The SMILES string of the molecule is Cc1cc(=O)oc2cc(OC(=O)Cc3ccc(F)cc3)ccc12. The number of ether oxygens (including phenoxy) is 1. The molecular formula is C18H13FO4. The van der Waals surface area contributed by atoms with Gasteiger partial charge in [-0.25, -0.2) is 9.18 Å². The maximum absolute atomic E-state index is 12.8. The van der Waals surface area contributed by atoms with Crippen molar-refractivity contribution in [1.82, 2.24) is 0 Å². The normalized spacial score (nSPS) is 10.7. The van der Waals surface area contributed by atoms with E-state index < -0.39 is 11.6 Å². The van der Waals surface area contributed by atoms with Gasteiger partial charge in [0.25, 0.3) is 0 Å². The van der Waals surface area contributed by atoms with E-state index in [0.717, 1.165) is 10.9 Å². The fourth-order valence-corrected chi connectivity index (χ4v) is 2.31. The van der Waals surface area contributed by atoms with Gasteiger partial charge in [0.05, 0.1) is 6.42 Å². The Bertz CT molecular complexity index is 926. The van der Waals surface area contributed by atoms with Crippen molar-refractivity contribution < 1.29 is 18.3 Å². The first-order chi connectivity index (χ1) is 11.0. The van der Waals surface area contributed by atoms with Crippen molar-refractivity contribution >= 4 is 16.9 Å². The summed E-state index contributed by atoms with van der Waals surface area (Å²) in [5.74, 6) is -0.550. The van der Waals surface area contributed by atoms with E-state index in [1.807, 2.05) is 0 Å². The van der Waals surface area contributed by atoms with Gasteiger partial charge in [0.15, 0.2) is 0 Å². The van der Waals surface area contributed by atoms with Crippen LogP contribution in [0.25, 0.3) is 11.0 Å². The van der Waals surface area contributed by atoms with E-state index in [2.05, 4.69) is 0 Å². The highest BCUT2D eigenvalue weighted by Gasteiger charge is 2.09. The van der Waals surface area contributed by atoms with Crippen molar-refractivity contribution in [1.29, 1.82) is 0 Å². The molecule has 0 N–H and O–H groups in total. The second-order valence-electron chi connectivity index (χ2n) is 5.18. The molecule has 5 heteroatoms. The van der Waals surface area contributed by atoms with Crippen molar-refractivity contribution in [3.05, 3.63) is 75.9 Å². The molecule has 0 unspecified atom stereocenters. The first kappa shape index (κ1) is 15.0. The van der Waals surface area contributed by atoms with E-state index in [-0.39, 0.29) is 12.2 Å². The van der Waals surface area contributed by atoms with Crippen LogP contribution >= 0.6 is 0 Å². The number of fused-ring (bicyclic) bond motifs is 1. The average molecular weight is 312 g/mol. The van der Waals surface area contributed by atoms with E-state index in [4.69, 9.17) is 9.15 Å². The Labute approximate surface area is 131 Å². The third kappa shape index (κ3) is 3.45. The minimum absolute atomic E-state index is 0.0239. The van der Waals surface area contributed by atoms with Gasteiger partial charge in [0.1, 0.15) is 17.1 Å². The zero-order valence-electron chi connectivity index (χ0n) is 12.3. The van der Waals surface area contributed by atoms with Crippen molar-refractivity contribution in [2.45, 2.75) is 13.3 Å². The molecule has 4 nitrogen and oxygen atoms in total. The van der Waals surface area contributed by atoms with Gasteiger partial charge in [0.2, 0.25) is 0 Å². The van der Waals surface area contributed by atoms with Crippen LogP contribution in [0.1, 0.15) is 11.1 Å². The Morgan fingerprint density at radius 3 is 2.61 bits per heavy atom. The van der Waals surface area contributed by atoms with Crippen LogP contribution in [0.15, 0.2) is 57.7 Å². The summed E-state index contributed by atoms with van der Waals surface area (Å²) in [4.78, 5) is 23.3. The average Bonchev–Trinajstić information content (AvgIpc) is 2.49. The lowest BCUT2D eigenvalue weighted by Gasteiger charge is -2.06. The predicted octanol–water partition coefficient (Wildman–Crippen LogP) is 3.39. The summed E-state index contributed by atoms with van der Waals surface area (Å²) < 4.78 is 23.2. The number of carbonyl (C=O) groups is 1. The Kier molecular flexibility index (Phi) is 3.93. The summed E-state index contributed by atoms with van der Waals surface area (Å²) in [6.07, 6.45) is 0.0239. The van der Waals surface area contributed by atoms with Crippen molar-refractivity contribution in [2.75, 3.05) is 0 Å². The highest BCUT2D eigenvalue weighted by Crippen LogP contribution is 2.22. The maximum Gasteiger partial charge on any atom is 0.336 e. The Balaban J connectivity index is 1.79. The standard InChI is InChI=1S/C18H13FO4/c1-11-8-17(20)23-16-10-14(6-7-15(11)16)22-18(21)9-12-2-4-13(19)5-3-12/h2-8,10H,9H2,1H3. The van der Waals surface area contributed by atoms with Crippen LogP contribution in [0.2, 0.25) is 0 Å². The number of carbonyl (C=O) groups excluding carboxylic acids is 1. The number of aryl methyl sites for hydroxylation is 1. The van der Waals surface area contributed by atoms with Crippen molar-refractivity contribution in [3.8, 4) is 5.75 Å². The third-order valence-electron chi connectivity index (χ3n) is 3.42. The van der Waals surface area contributed by atoms with Gasteiger partial charge in [-0.2, -0.15) is 0 Å². The second kappa shape index (κ2) is 6.04. The van der Waals surface area contributed by atoms with Gasteiger partial charge in [-0.05, 0) is 42.3 Å². The Hall–Kier alpha value is -2.95. The predicted molar refractivity (Wildman–Crippen MR) is 83.0 cm³/mol. The van der Waals surface area contributed by atoms with Crippen molar-refractivity contribution in [2.24, 2.45) is 0 Å². The summed E-state index contributed by atoms with van der Waals surface area (Å²) in [6, 6.07) is 11.9. The molecule has 2 aromatic carbocycles. The van der Waals surface area contributed by atoms with E-state index in [1.54, 1.807) is 19.1 Å². The van der Waals surface area contributed by atoms with Crippen LogP contribution < -0.4 is 10.4 Å². The second-order valence-corrected chi connectivity index (χ2v) is 5.18. The number of halogens is 1. The van der Waals surface area contributed by atoms with E-state index in [1.165, 1.54) is 36.4 Å². The summed E-state index contributed by atoms with van der Waals surface area (Å²) in [5, 5.41) is 0.780. The van der Waals surface area contributed by atoms with Gasteiger partial charge in [-0.1, -0.05) is 12.1 Å². The molecule has 0 aliphatic rings. The number of benzene rings is 2. The van der Waals surface area contributed by atoms with Gasteiger partial charge in [-0.15, -0.1) is 0 Å². The van der Waals surface area contributed by atoms with Crippen LogP contribution in [0, 0.1) is 12.7 Å². The topological polar surface area (TPSA) is 56.5 Å². The summed E-state index contributed by atoms with van der Waals surface area (Å²) >= 11 is 0. The lowest BCUT2D eigenvalue weighted by Crippen LogP contribution is -2.11. The van der Waals surface area contributed by atoms with Crippen LogP contribution in [0.5, 0.6) is 5.75 Å². The molecule has 0 spiro atoms. The Morgan fingerprint density at radius 1 is 1.13 bits per heavy atom. The fourth-order valence-electron chi connectivity index (χ4n) is 2.31. The van der Waals surface area contributed by atoms with Crippen LogP contribution in [-0.4, -0.2) is 5.97 Å². The first-order valence-corrected chi connectivity index (χ1v) is 7.01. The van der Waals surface area contributed by atoms with Crippen LogP contribution in [0.3, 0.4) is 0 Å². The minimum Gasteiger partial charge on any atom is -0.426 e. The number of rotatable bonds is 3. The highest BCUT2D eigenvalue weighted by atomic mass is 19.1. The summed E-state index contributed by atoms with van der Waals surface area (Å²) in [6.45, 7) is 1.81. The number of hydrogen-bond acceptors (Lipinski definition) is 4. The molecule has 23 heavy (non-hydrogen) atoms. The molecule has 0 saturated carbocycles. The van der Waals surface area contributed by atoms with Crippen molar-refractivity contribution in [3.63, 3.8) is 0 Å². The number of esters is 1. The largest absolute Gasteiger partial charge is 0.426 e. The van der Waals surface area contributed by atoms with Gasteiger partial charge in [0, 0.05) is 17.5 Å². The minimum atomic E-state index is -0.481. The molecular weight excluding hydrogens is 299 g/mol. The first-order valence-electron chi connectivity index (χ1n) is 7.01. The maximum atomic E-state index is 12.8. The quantitative estimate of drug-likeness (QED) is 0.422. The van der Waals surface area contributed by atoms with Gasteiger partial charge < -0.3 is 9.15 Å². The molecule has 0 radical (unpaired) electrons. The molecule has 0 saturated heterocycles. The molecule has 0 bridgehead atoms. The summed E-state index contributed by atoms with van der Waals surface area (Å²) in [5.41, 5.74) is 1.35. The van der Waals surface area contributed by atoms with E-state index in [0.29, 0.717) is 16.9 Å². The molecule has 3 aromatic rings. The number of hydrogen-bond donors (Lipinski definition) is 0. The Morgan fingerprint density at radius 2 is 1.87 bits per heavy atom. The highest BCUT2D eigenvalue weighted by molar-refractivity contribution is 5.82. The fraction of sp³-hybridized carbons (Fsp3) is 0.111. The third-order valence-corrected chi connectivity index (χ3v) is 3.42. The van der Waals surface area contributed by atoms with Crippen LogP contribution in [0.4, 0.5) is 4.39 Å².